The third-order valence-corrected chi connectivity index (χ3v) is 2.93. The summed E-state index contributed by atoms with van der Waals surface area (Å²) in [5.74, 6) is 0.887. The van der Waals surface area contributed by atoms with Gasteiger partial charge in [-0.2, -0.15) is 0 Å². The van der Waals surface area contributed by atoms with Crippen LogP contribution in [0.15, 0.2) is 0 Å². The second-order valence-electron chi connectivity index (χ2n) is 4.30. The fourth-order valence-corrected chi connectivity index (χ4v) is 1.93. The van der Waals surface area contributed by atoms with Crippen LogP contribution in [0.4, 0.5) is 0 Å². The molecule has 2 N–H and O–H groups in total. The standard InChI is InChI=1S/C12H24N2O2/c1-2-16-9-3-7-14-12(15)5-4-11-6-8-13-10-11/h11,13H,2-10H2,1H3,(H,14,15). The predicted octanol–water partition coefficient (Wildman–Crippen LogP) is 0.919. The summed E-state index contributed by atoms with van der Waals surface area (Å²) >= 11 is 0. The van der Waals surface area contributed by atoms with Gasteiger partial charge in [0.15, 0.2) is 0 Å². The van der Waals surface area contributed by atoms with Crippen LogP contribution >= 0.6 is 0 Å². The third-order valence-electron chi connectivity index (χ3n) is 2.93. The first-order valence-corrected chi connectivity index (χ1v) is 6.38. The molecular formula is C12H24N2O2. The van der Waals surface area contributed by atoms with Gasteiger partial charge in [0, 0.05) is 26.2 Å². The minimum absolute atomic E-state index is 0.184. The van der Waals surface area contributed by atoms with E-state index in [1.165, 1.54) is 6.42 Å². The van der Waals surface area contributed by atoms with Crippen molar-refractivity contribution in [2.24, 2.45) is 5.92 Å². The van der Waals surface area contributed by atoms with Gasteiger partial charge in [0.25, 0.3) is 0 Å². The van der Waals surface area contributed by atoms with Gasteiger partial charge in [-0.15, -0.1) is 0 Å². The molecule has 1 fully saturated rings. The molecule has 1 heterocycles. The second-order valence-corrected chi connectivity index (χ2v) is 4.30. The molecule has 0 radical (unpaired) electrons. The zero-order valence-electron chi connectivity index (χ0n) is 10.3. The van der Waals surface area contributed by atoms with Crippen LogP contribution in [0.25, 0.3) is 0 Å². The Labute approximate surface area is 98.1 Å². The summed E-state index contributed by atoms with van der Waals surface area (Å²) in [6.07, 6.45) is 3.81. The van der Waals surface area contributed by atoms with Crippen LogP contribution in [-0.2, 0) is 9.53 Å². The quantitative estimate of drug-likeness (QED) is 0.607. The van der Waals surface area contributed by atoms with E-state index in [0.717, 1.165) is 45.7 Å². The molecule has 1 rings (SSSR count). The average Bonchev–Trinajstić information content (AvgIpc) is 2.79. The van der Waals surface area contributed by atoms with Crippen LogP contribution in [0.3, 0.4) is 0 Å². The Morgan fingerprint density at radius 1 is 1.56 bits per heavy atom. The monoisotopic (exact) mass is 228 g/mol. The molecule has 4 nitrogen and oxygen atoms in total. The van der Waals surface area contributed by atoms with E-state index in [0.29, 0.717) is 12.3 Å². The van der Waals surface area contributed by atoms with E-state index in [4.69, 9.17) is 4.74 Å². The summed E-state index contributed by atoms with van der Waals surface area (Å²) in [4.78, 5) is 11.5. The summed E-state index contributed by atoms with van der Waals surface area (Å²) in [6, 6.07) is 0. The van der Waals surface area contributed by atoms with Gasteiger partial charge < -0.3 is 15.4 Å². The number of ether oxygens (including phenoxy) is 1. The van der Waals surface area contributed by atoms with Gasteiger partial charge in [-0.05, 0) is 45.2 Å². The van der Waals surface area contributed by atoms with Crippen molar-refractivity contribution >= 4 is 5.91 Å². The maximum atomic E-state index is 11.5. The van der Waals surface area contributed by atoms with Gasteiger partial charge in [-0.25, -0.2) is 0 Å². The molecule has 0 aromatic heterocycles. The summed E-state index contributed by atoms with van der Waals surface area (Å²) in [5.41, 5.74) is 0. The van der Waals surface area contributed by atoms with Crippen molar-refractivity contribution in [2.75, 3.05) is 32.8 Å². The zero-order chi connectivity index (χ0) is 11.6. The number of carbonyl (C=O) groups excluding carboxylic acids is 1. The molecule has 0 aliphatic carbocycles. The van der Waals surface area contributed by atoms with Gasteiger partial charge in [0.1, 0.15) is 0 Å². The van der Waals surface area contributed by atoms with Crippen molar-refractivity contribution < 1.29 is 9.53 Å². The first kappa shape index (κ1) is 13.5. The molecule has 0 aromatic rings. The molecule has 1 saturated heterocycles. The highest BCUT2D eigenvalue weighted by Crippen LogP contribution is 2.13. The molecule has 0 saturated carbocycles. The molecule has 94 valence electrons. The summed E-state index contributed by atoms with van der Waals surface area (Å²) in [6.45, 7) is 6.40. The van der Waals surface area contributed by atoms with Gasteiger partial charge in [0.2, 0.25) is 5.91 Å². The molecule has 1 atom stereocenters. The highest BCUT2D eigenvalue weighted by Gasteiger charge is 2.15. The number of carbonyl (C=O) groups is 1. The SMILES string of the molecule is CCOCCCNC(=O)CCC1CCNC1. The van der Waals surface area contributed by atoms with E-state index >= 15 is 0 Å². The molecule has 1 unspecified atom stereocenters. The lowest BCUT2D eigenvalue weighted by molar-refractivity contribution is -0.121. The summed E-state index contributed by atoms with van der Waals surface area (Å²) < 4.78 is 5.20. The molecular weight excluding hydrogens is 204 g/mol. The lowest BCUT2D eigenvalue weighted by Crippen LogP contribution is -2.25. The fourth-order valence-electron chi connectivity index (χ4n) is 1.93. The Balaban J connectivity index is 1.90. The molecule has 0 aromatic carbocycles. The van der Waals surface area contributed by atoms with E-state index in [1.807, 2.05) is 6.92 Å². The van der Waals surface area contributed by atoms with Crippen LogP contribution in [0.5, 0.6) is 0 Å². The molecule has 16 heavy (non-hydrogen) atoms. The molecule has 1 amide bonds. The Hall–Kier alpha value is -0.610. The Kier molecular flexibility index (Phi) is 7.17. The van der Waals surface area contributed by atoms with Gasteiger partial charge in [0.05, 0.1) is 0 Å². The van der Waals surface area contributed by atoms with Gasteiger partial charge in [-0.1, -0.05) is 0 Å². The largest absolute Gasteiger partial charge is 0.382 e. The topological polar surface area (TPSA) is 50.4 Å². The molecule has 0 spiro atoms. The average molecular weight is 228 g/mol. The normalized spacial score (nSPS) is 19.9. The minimum Gasteiger partial charge on any atom is -0.382 e. The number of hydrogen-bond donors (Lipinski definition) is 2. The predicted molar refractivity (Wildman–Crippen MR) is 64.3 cm³/mol. The van der Waals surface area contributed by atoms with E-state index < -0.39 is 0 Å². The van der Waals surface area contributed by atoms with Crippen LogP contribution in [0, 0.1) is 5.92 Å². The van der Waals surface area contributed by atoms with E-state index in [-0.39, 0.29) is 5.91 Å². The van der Waals surface area contributed by atoms with Crippen LogP contribution in [0.1, 0.15) is 32.6 Å². The Morgan fingerprint density at radius 2 is 2.44 bits per heavy atom. The summed E-state index contributed by atoms with van der Waals surface area (Å²) in [5, 5.41) is 6.24. The van der Waals surface area contributed by atoms with Crippen LogP contribution in [-0.4, -0.2) is 38.8 Å². The highest BCUT2D eigenvalue weighted by atomic mass is 16.5. The third kappa shape index (κ3) is 6.08. The number of amides is 1. The number of rotatable bonds is 8. The molecule has 0 bridgehead atoms. The number of nitrogens with one attached hydrogen (secondary N) is 2. The van der Waals surface area contributed by atoms with E-state index in [9.17, 15) is 4.79 Å². The van der Waals surface area contributed by atoms with Crippen molar-refractivity contribution in [3.8, 4) is 0 Å². The maximum absolute atomic E-state index is 11.5. The van der Waals surface area contributed by atoms with Crippen LogP contribution < -0.4 is 10.6 Å². The summed E-state index contributed by atoms with van der Waals surface area (Å²) in [7, 11) is 0. The van der Waals surface area contributed by atoms with E-state index in [2.05, 4.69) is 10.6 Å². The van der Waals surface area contributed by atoms with Gasteiger partial charge >= 0.3 is 0 Å². The maximum Gasteiger partial charge on any atom is 0.220 e. The smallest absolute Gasteiger partial charge is 0.220 e. The molecule has 1 aliphatic rings. The zero-order valence-corrected chi connectivity index (χ0v) is 10.3. The first-order chi connectivity index (χ1) is 7.83. The lowest BCUT2D eigenvalue weighted by atomic mass is 10.0. The van der Waals surface area contributed by atoms with Crippen molar-refractivity contribution in [1.29, 1.82) is 0 Å². The van der Waals surface area contributed by atoms with Gasteiger partial charge in [-0.3, -0.25) is 4.79 Å². The molecule has 4 heteroatoms. The van der Waals surface area contributed by atoms with E-state index in [1.54, 1.807) is 0 Å². The van der Waals surface area contributed by atoms with Crippen LogP contribution in [0.2, 0.25) is 0 Å². The Bertz CT molecular complexity index is 191. The first-order valence-electron chi connectivity index (χ1n) is 6.38. The van der Waals surface area contributed by atoms with Crippen molar-refractivity contribution in [3.05, 3.63) is 0 Å². The second kappa shape index (κ2) is 8.53. The fraction of sp³-hybridized carbons (Fsp3) is 0.917. The van der Waals surface area contributed by atoms with Crippen molar-refractivity contribution in [2.45, 2.75) is 32.6 Å². The van der Waals surface area contributed by atoms with Crippen molar-refractivity contribution in [3.63, 3.8) is 0 Å². The number of hydrogen-bond acceptors (Lipinski definition) is 3. The molecule has 1 aliphatic heterocycles. The Morgan fingerprint density at radius 3 is 3.12 bits per heavy atom. The minimum atomic E-state index is 0.184. The lowest BCUT2D eigenvalue weighted by Gasteiger charge is -2.08. The highest BCUT2D eigenvalue weighted by molar-refractivity contribution is 5.75. The van der Waals surface area contributed by atoms with Crippen molar-refractivity contribution in [1.82, 2.24) is 10.6 Å².